The first kappa shape index (κ1) is 14.8. The first-order chi connectivity index (χ1) is 9.88. The molecule has 0 bridgehead atoms. The van der Waals surface area contributed by atoms with E-state index in [0.717, 1.165) is 12.5 Å². The third-order valence-electron chi connectivity index (χ3n) is 3.78. The summed E-state index contributed by atoms with van der Waals surface area (Å²) in [6.45, 7) is 1.10. The quantitative estimate of drug-likeness (QED) is 0.759. The summed E-state index contributed by atoms with van der Waals surface area (Å²) in [5, 5.41) is 3.34. The Kier molecular flexibility index (Phi) is 6.33. The van der Waals surface area contributed by atoms with Gasteiger partial charge in [0, 0.05) is 0 Å². The Labute approximate surface area is 123 Å². The third kappa shape index (κ3) is 5.18. The normalized spacial score (nSPS) is 12.2. The van der Waals surface area contributed by atoms with Gasteiger partial charge >= 0.3 is 0 Å². The summed E-state index contributed by atoms with van der Waals surface area (Å²) in [6, 6.07) is 21.6. The van der Waals surface area contributed by atoms with Crippen molar-refractivity contribution in [2.75, 3.05) is 13.6 Å². The number of hydrogen-bond acceptors (Lipinski definition) is 1. The summed E-state index contributed by atoms with van der Waals surface area (Å²) < 4.78 is 0. The molecule has 1 nitrogen and oxygen atoms in total. The molecule has 2 rings (SSSR count). The molecule has 0 radical (unpaired) electrons. The molecule has 0 saturated carbocycles. The van der Waals surface area contributed by atoms with E-state index in [9.17, 15) is 0 Å². The Morgan fingerprint density at radius 3 is 2.05 bits per heavy atom. The van der Waals surface area contributed by atoms with Gasteiger partial charge in [0.25, 0.3) is 0 Å². The largest absolute Gasteiger partial charge is 0.319 e. The van der Waals surface area contributed by atoms with Gasteiger partial charge in [0.1, 0.15) is 0 Å². The van der Waals surface area contributed by atoms with Crippen LogP contribution < -0.4 is 5.32 Å². The van der Waals surface area contributed by atoms with Gasteiger partial charge in [-0.3, -0.25) is 0 Å². The first-order valence-electron chi connectivity index (χ1n) is 7.61. The lowest BCUT2D eigenvalue weighted by molar-refractivity contribution is 0.447. The van der Waals surface area contributed by atoms with Gasteiger partial charge in [-0.2, -0.15) is 0 Å². The smallest absolute Gasteiger partial charge is 0.00203 e. The summed E-state index contributed by atoms with van der Waals surface area (Å²) in [6.07, 6.45) is 4.92. The van der Waals surface area contributed by atoms with Crippen LogP contribution in [0.5, 0.6) is 0 Å². The van der Waals surface area contributed by atoms with E-state index < -0.39 is 0 Å². The zero-order valence-electron chi connectivity index (χ0n) is 12.4. The van der Waals surface area contributed by atoms with Gasteiger partial charge in [0.15, 0.2) is 0 Å². The van der Waals surface area contributed by atoms with E-state index in [1.54, 1.807) is 0 Å². The van der Waals surface area contributed by atoms with Crippen LogP contribution in [-0.2, 0) is 12.8 Å². The lowest BCUT2D eigenvalue weighted by atomic mass is 9.93. The fraction of sp³-hybridized carbons (Fsp3) is 0.368. The predicted molar refractivity (Wildman–Crippen MR) is 86.9 cm³/mol. The molecule has 1 atom stereocenters. The number of hydrogen-bond donors (Lipinski definition) is 1. The number of aryl methyl sites for hydroxylation is 1. The Balaban J connectivity index is 1.80. The van der Waals surface area contributed by atoms with Gasteiger partial charge in [0.05, 0.1) is 0 Å². The Morgan fingerprint density at radius 2 is 1.45 bits per heavy atom. The summed E-state index contributed by atoms with van der Waals surface area (Å²) >= 11 is 0. The highest BCUT2D eigenvalue weighted by Crippen LogP contribution is 2.15. The van der Waals surface area contributed by atoms with Gasteiger partial charge in [-0.1, -0.05) is 60.7 Å². The molecule has 0 aromatic heterocycles. The van der Waals surface area contributed by atoms with Crippen LogP contribution in [0.15, 0.2) is 60.7 Å². The predicted octanol–water partition coefficient (Wildman–Crippen LogP) is 4.09. The molecular formula is C19H25N. The van der Waals surface area contributed by atoms with Crippen molar-refractivity contribution >= 4 is 0 Å². The first-order valence-corrected chi connectivity index (χ1v) is 7.61. The van der Waals surface area contributed by atoms with Crippen molar-refractivity contribution in [3.63, 3.8) is 0 Å². The molecule has 2 aromatic carbocycles. The number of nitrogens with one attached hydrogen (secondary N) is 1. The van der Waals surface area contributed by atoms with Gasteiger partial charge in [0.2, 0.25) is 0 Å². The molecule has 2 aromatic rings. The Morgan fingerprint density at radius 1 is 0.850 bits per heavy atom. The molecule has 0 aliphatic heterocycles. The highest BCUT2D eigenvalue weighted by atomic mass is 14.8. The standard InChI is InChI=1S/C19H25N/c1-20-16-19(15-18-11-6-3-7-12-18)14-8-13-17-9-4-2-5-10-17/h2-7,9-12,19-20H,8,13-16H2,1H3. The van der Waals surface area contributed by atoms with Crippen LogP contribution in [0.3, 0.4) is 0 Å². The molecule has 0 amide bonds. The summed E-state index contributed by atoms with van der Waals surface area (Å²) in [4.78, 5) is 0. The SMILES string of the molecule is CNCC(CCCc1ccccc1)Cc1ccccc1. The van der Waals surface area contributed by atoms with E-state index in [-0.39, 0.29) is 0 Å². The molecular weight excluding hydrogens is 242 g/mol. The van der Waals surface area contributed by atoms with Gasteiger partial charge in [-0.15, -0.1) is 0 Å². The van der Waals surface area contributed by atoms with Crippen LogP contribution >= 0.6 is 0 Å². The van der Waals surface area contributed by atoms with Crippen LogP contribution in [0.4, 0.5) is 0 Å². The fourth-order valence-corrected chi connectivity index (χ4v) is 2.75. The maximum absolute atomic E-state index is 3.34. The monoisotopic (exact) mass is 267 g/mol. The molecule has 1 N–H and O–H groups in total. The highest BCUT2D eigenvalue weighted by molar-refractivity contribution is 5.16. The molecule has 0 fully saturated rings. The molecule has 1 unspecified atom stereocenters. The van der Waals surface area contributed by atoms with Crippen molar-refractivity contribution in [1.82, 2.24) is 5.32 Å². The summed E-state index contributed by atoms with van der Waals surface area (Å²) in [5.74, 6) is 0.728. The van der Waals surface area contributed by atoms with Gasteiger partial charge in [-0.05, 0) is 56.3 Å². The second-order valence-corrected chi connectivity index (χ2v) is 5.49. The minimum atomic E-state index is 0.728. The van der Waals surface area contributed by atoms with E-state index in [2.05, 4.69) is 73.0 Å². The molecule has 0 spiro atoms. The van der Waals surface area contributed by atoms with Crippen LogP contribution in [0, 0.1) is 5.92 Å². The molecule has 1 heteroatoms. The van der Waals surface area contributed by atoms with Crippen molar-refractivity contribution in [3.8, 4) is 0 Å². The minimum Gasteiger partial charge on any atom is -0.319 e. The number of benzene rings is 2. The summed E-state index contributed by atoms with van der Waals surface area (Å²) in [5.41, 5.74) is 2.91. The van der Waals surface area contributed by atoms with Crippen molar-refractivity contribution in [2.24, 2.45) is 5.92 Å². The van der Waals surface area contributed by atoms with Gasteiger partial charge < -0.3 is 5.32 Å². The molecule has 0 saturated heterocycles. The van der Waals surface area contributed by atoms with E-state index in [1.807, 2.05) is 0 Å². The topological polar surface area (TPSA) is 12.0 Å². The zero-order chi connectivity index (χ0) is 14.0. The van der Waals surface area contributed by atoms with Crippen molar-refractivity contribution in [3.05, 3.63) is 71.8 Å². The van der Waals surface area contributed by atoms with Crippen LogP contribution in [-0.4, -0.2) is 13.6 Å². The van der Waals surface area contributed by atoms with Crippen molar-refractivity contribution < 1.29 is 0 Å². The average Bonchev–Trinajstić information content (AvgIpc) is 2.49. The van der Waals surface area contributed by atoms with E-state index in [1.165, 1.54) is 36.8 Å². The lowest BCUT2D eigenvalue weighted by Crippen LogP contribution is -2.21. The fourth-order valence-electron chi connectivity index (χ4n) is 2.75. The molecule has 0 heterocycles. The maximum Gasteiger partial charge on any atom is -0.00203 e. The van der Waals surface area contributed by atoms with Crippen molar-refractivity contribution in [1.29, 1.82) is 0 Å². The van der Waals surface area contributed by atoms with Crippen LogP contribution in [0.25, 0.3) is 0 Å². The van der Waals surface area contributed by atoms with Crippen LogP contribution in [0.2, 0.25) is 0 Å². The van der Waals surface area contributed by atoms with E-state index >= 15 is 0 Å². The second-order valence-electron chi connectivity index (χ2n) is 5.49. The zero-order valence-corrected chi connectivity index (χ0v) is 12.4. The Bertz CT molecular complexity index is 464. The van der Waals surface area contributed by atoms with Crippen LogP contribution in [0.1, 0.15) is 24.0 Å². The van der Waals surface area contributed by atoms with E-state index in [4.69, 9.17) is 0 Å². The maximum atomic E-state index is 3.34. The van der Waals surface area contributed by atoms with Gasteiger partial charge in [-0.25, -0.2) is 0 Å². The summed E-state index contributed by atoms with van der Waals surface area (Å²) in [7, 11) is 2.05. The third-order valence-corrected chi connectivity index (χ3v) is 3.78. The highest BCUT2D eigenvalue weighted by Gasteiger charge is 2.08. The molecule has 106 valence electrons. The molecule has 0 aliphatic rings. The molecule has 20 heavy (non-hydrogen) atoms. The second kappa shape index (κ2) is 8.55. The molecule has 0 aliphatic carbocycles. The number of rotatable bonds is 8. The minimum absolute atomic E-state index is 0.728. The van der Waals surface area contributed by atoms with Crippen molar-refractivity contribution in [2.45, 2.75) is 25.7 Å². The lowest BCUT2D eigenvalue weighted by Gasteiger charge is -2.16. The average molecular weight is 267 g/mol. The van der Waals surface area contributed by atoms with E-state index in [0.29, 0.717) is 0 Å². The Hall–Kier alpha value is -1.60.